The van der Waals surface area contributed by atoms with Gasteiger partial charge in [0.1, 0.15) is 11.5 Å². The van der Waals surface area contributed by atoms with Crippen molar-refractivity contribution in [1.82, 2.24) is 0 Å². The van der Waals surface area contributed by atoms with Crippen LogP contribution in [-0.2, 0) is 9.53 Å². The largest absolute Gasteiger partial charge is 0.497 e. The van der Waals surface area contributed by atoms with E-state index in [2.05, 4.69) is 0 Å². The summed E-state index contributed by atoms with van der Waals surface area (Å²) < 4.78 is 16.1. The van der Waals surface area contributed by atoms with Gasteiger partial charge in [0.25, 0.3) is 0 Å². The van der Waals surface area contributed by atoms with Gasteiger partial charge in [-0.1, -0.05) is 48.5 Å². The molecule has 0 aliphatic carbocycles. The van der Waals surface area contributed by atoms with E-state index >= 15 is 0 Å². The third-order valence-corrected chi connectivity index (χ3v) is 4.77. The standard InChI is InChI=1S/C26H24O5/c1-18(25(27)20-13-15-22(29-2)16-14-20)31-26(28)23(19-9-5-4-6-10-19)17-21-11-7-8-12-24(21)30-3/h4-18H,1-3H3/b23-17+/t18-/m0/s1. The Bertz CT molecular complexity index is 1070. The number of benzene rings is 3. The van der Waals surface area contributed by atoms with Crippen LogP contribution >= 0.6 is 0 Å². The lowest BCUT2D eigenvalue weighted by Crippen LogP contribution is -2.25. The molecule has 5 heteroatoms. The Morgan fingerprint density at radius 3 is 2.06 bits per heavy atom. The normalized spacial score (nSPS) is 12.0. The minimum absolute atomic E-state index is 0.291. The lowest BCUT2D eigenvalue weighted by molar-refractivity contribution is -0.139. The summed E-state index contributed by atoms with van der Waals surface area (Å²) in [6, 6.07) is 23.2. The molecule has 0 saturated carbocycles. The zero-order valence-corrected chi connectivity index (χ0v) is 17.7. The Balaban J connectivity index is 1.88. The van der Waals surface area contributed by atoms with E-state index in [-0.39, 0.29) is 5.78 Å². The van der Waals surface area contributed by atoms with E-state index in [1.165, 1.54) is 0 Å². The maximum atomic E-state index is 13.1. The second kappa shape index (κ2) is 10.3. The molecule has 0 unspecified atom stereocenters. The van der Waals surface area contributed by atoms with Gasteiger partial charge in [-0.3, -0.25) is 4.79 Å². The molecule has 0 bridgehead atoms. The average molecular weight is 416 g/mol. The number of methoxy groups -OCH3 is 2. The maximum absolute atomic E-state index is 13.1. The minimum atomic E-state index is -0.953. The Morgan fingerprint density at radius 1 is 0.774 bits per heavy atom. The molecule has 5 nitrogen and oxygen atoms in total. The summed E-state index contributed by atoms with van der Waals surface area (Å²) >= 11 is 0. The zero-order chi connectivity index (χ0) is 22.2. The Kier molecular flexibility index (Phi) is 7.22. The highest BCUT2D eigenvalue weighted by Gasteiger charge is 2.23. The lowest BCUT2D eigenvalue weighted by Gasteiger charge is -2.15. The third-order valence-electron chi connectivity index (χ3n) is 4.77. The van der Waals surface area contributed by atoms with Crippen molar-refractivity contribution in [3.8, 4) is 11.5 Å². The van der Waals surface area contributed by atoms with Gasteiger partial charge in [0.2, 0.25) is 5.78 Å². The van der Waals surface area contributed by atoms with Crippen LogP contribution in [0, 0.1) is 0 Å². The van der Waals surface area contributed by atoms with E-state index < -0.39 is 12.1 Å². The van der Waals surface area contributed by atoms with Crippen LogP contribution in [0.15, 0.2) is 78.9 Å². The van der Waals surface area contributed by atoms with Crippen LogP contribution in [0.5, 0.6) is 11.5 Å². The predicted molar refractivity (Wildman–Crippen MR) is 120 cm³/mol. The summed E-state index contributed by atoms with van der Waals surface area (Å²) in [5.41, 5.74) is 2.19. The number of para-hydroxylation sites is 1. The number of hydrogen-bond donors (Lipinski definition) is 0. The van der Waals surface area contributed by atoms with Crippen molar-refractivity contribution in [2.75, 3.05) is 14.2 Å². The third kappa shape index (κ3) is 5.39. The van der Waals surface area contributed by atoms with Crippen LogP contribution in [0.2, 0.25) is 0 Å². The van der Waals surface area contributed by atoms with Crippen molar-refractivity contribution in [2.24, 2.45) is 0 Å². The number of hydrogen-bond acceptors (Lipinski definition) is 5. The van der Waals surface area contributed by atoms with Gasteiger partial charge < -0.3 is 14.2 Å². The highest BCUT2D eigenvalue weighted by molar-refractivity contribution is 6.22. The van der Waals surface area contributed by atoms with Gasteiger partial charge in [0, 0.05) is 11.1 Å². The van der Waals surface area contributed by atoms with Gasteiger partial charge in [-0.05, 0) is 48.9 Å². The van der Waals surface area contributed by atoms with Crippen molar-refractivity contribution in [1.29, 1.82) is 0 Å². The zero-order valence-electron chi connectivity index (χ0n) is 17.7. The van der Waals surface area contributed by atoms with Crippen molar-refractivity contribution in [3.05, 3.63) is 95.6 Å². The van der Waals surface area contributed by atoms with Crippen molar-refractivity contribution < 1.29 is 23.8 Å². The van der Waals surface area contributed by atoms with E-state index in [0.29, 0.717) is 28.2 Å². The number of Topliss-reactive ketones (excluding diaryl/α,β-unsaturated/α-hetero) is 1. The topological polar surface area (TPSA) is 61.8 Å². The van der Waals surface area contributed by atoms with E-state index in [0.717, 1.165) is 5.56 Å². The molecule has 0 saturated heterocycles. The summed E-state index contributed by atoms with van der Waals surface area (Å²) in [6.07, 6.45) is 0.756. The molecule has 0 N–H and O–H groups in total. The molecular formula is C26H24O5. The quantitative estimate of drug-likeness (QED) is 0.222. The van der Waals surface area contributed by atoms with E-state index in [1.807, 2.05) is 54.6 Å². The highest BCUT2D eigenvalue weighted by atomic mass is 16.5. The molecule has 0 aliphatic heterocycles. The first kappa shape index (κ1) is 21.8. The predicted octanol–water partition coefficient (Wildman–Crippen LogP) is 5.06. The summed E-state index contributed by atoms with van der Waals surface area (Å²) in [6.45, 7) is 1.57. The van der Waals surface area contributed by atoms with E-state index in [1.54, 1.807) is 51.5 Å². The fraction of sp³-hybridized carbons (Fsp3) is 0.154. The lowest BCUT2D eigenvalue weighted by atomic mass is 10.0. The molecule has 0 aliphatic rings. The molecule has 158 valence electrons. The number of ether oxygens (including phenoxy) is 3. The molecule has 0 fully saturated rings. The first-order valence-corrected chi connectivity index (χ1v) is 9.83. The summed E-state index contributed by atoms with van der Waals surface area (Å²) in [5.74, 6) is 0.394. The fourth-order valence-corrected chi connectivity index (χ4v) is 3.09. The molecule has 0 spiro atoms. The van der Waals surface area contributed by atoms with Gasteiger partial charge in [-0.25, -0.2) is 4.79 Å². The smallest absolute Gasteiger partial charge is 0.339 e. The maximum Gasteiger partial charge on any atom is 0.339 e. The number of carbonyl (C=O) groups excluding carboxylic acids is 2. The van der Waals surface area contributed by atoms with Crippen molar-refractivity contribution in [3.63, 3.8) is 0 Å². The average Bonchev–Trinajstić information content (AvgIpc) is 2.82. The highest BCUT2D eigenvalue weighted by Crippen LogP contribution is 2.26. The SMILES string of the molecule is COc1ccc(C(=O)[C@H](C)OC(=O)/C(=C/c2ccccc2OC)c2ccccc2)cc1. The van der Waals surface area contributed by atoms with Crippen LogP contribution < -0.4 is 9.47 Å². The molecule has 0 heterocycles. The van der Waals surface area contributed by atoms with Crippen LogP contribution in [0.1, 0.15) is 28.4 Å². The molecule has 3 aromatic rings. The molecular weight excluding hydrogens is 392 g/mol. The molecule has 31 heavy (non-hydrogen) atoms. The first-order chi connectivity index (χ1) is 15.0. The summed E-state index contributed by atoms with van der Waals surface area (Å²) in [4.78, 5) is 25.8. The van der Waals surface area contributed by atoms with Gasteiger partial charge in [0.15, 0.2) is 6.10 Å². The minimum Gasteiger partial charge on any atom is -0.497 e. The number of esters is 1. The van der Waals surface area contributed by atoms with Crippen LogP contribution in [0.3, 0.4) is 0 Å². The summed E-state index contributed by atoms with van der Waals surface area (Å²) in [5, 5.41) is 0. The Morgan fingerprint density at radius 2 is 1.42 bits per heavy atom. The number of carbonyl (C=O) groups is 2. The van der Waals surface area contributed by atoms with Gasteiger partial charge >= 0.3 is 5.97 Å². The molecule has 0 amide bonds. The fourth-order valence-electron chi connectivity index (χ4n) is 3.09. The van der Waals surface area contributed by atoms with Crippen LogP contribution in [0.4, 0.5) is 0 Å². The van der Waals surface area contributed by atoms with Gasteiger partial charge in [-0.15, -0.1) is 0 Å². The van der Waals surface area contributed by atoms with Crippen LogP contribution in [-0.4, -0.2) is 32.1 Å². The van der Waals surface area contributed by atoms with Crippen LogP contribution in [0.25, 0.3) is 11.6 Å². The molecule has 3 aromatic carbocycles. The van der Waals surface area contributed by atoms with Gasteiger partial charge in [0.05, 0.1) is 19.8 Å². The Labute approximate surface area is 181 Å². The number of rotatable bonds is 8. The van der Waals surface area contributed by atoms with E-state index in [4.69, 9.17) is 14.2 Å². The van der Waals surface area contributed by atoms with Gasteiger partial charge in [-0.2, -0.15) is 0 Å². The molecule has 0 radical (unpaired) electrons. The molecule has 1 atom stereocenters. The number of ketones is 1. The Hall–Kier alpha value is -3.86. The second-order valence-corrected chi connectivity index (χ2v) is 6.81. The molecule has 3 rings (SSSR count). The monoisotopic (exact) mass is 416 g/mol. The van der Waals surface area contributed by atoms with Crippen molar-refractivity contribution in [2.45, 2.75) is 13.0 Å². The van der Waals surface area contributed by atoms with Crippen molar-refractivity contribution >= 4 is 23.4 Å². The first-order valence-electron chi connectivity index (χ1n) is 9.83. The summed E-state index contributed by atoms with van der Waals surface area (Å²) in [7, 11) is 3.13. The van der Waals surface area contributed by atoms with E-state index in [9.17, 15) is 9.59 Å². The second-order valence-electron chi connectivity index (χ2n) is 6.81. The molecule has 0 aromatic heterocycles.